The summed E-state index contributed by atoms with van der Waals surface area (Å²) in [5.74, 6) is -2.16. The van der Waals surface area contributed by atoms with Crippen LogP contribution in [0.1, 0.15) is 6.92 Å². The zero-order chi connectivity index (χ0) is 18.6. The lowest BCUT2D eigenvalue weighted by Crippen LogP contribution is -2.10. The van der Waals surface area contributed by atoms with E-state index in [0.29, 0.717) is 15.8 Å². The molecule has 0 amide bonds. The monoisotopic (exact) mass is 360 g/mol. The molecular formula is C18H13ClO6. The Bertz CT molecular complexity index is 900. The highest BCUT2D eigenvalue weighted by Crippen LogP contribution is 2.43. The Morgan fingerprint density at radius 3 is 2.16 bits per heavy atom. The number of benzene rings is 2. The molecule has 2 aromatic carbocycles. The van der Waals surface area contributed by atoms with Crippen molar-refractivity contribution in [1.29, 1.82) is 0 Å². The van der Waals surface area contributed by atoms with Gasteiger partial charge in [-0.25, -0.2) is 9.59 Å². The van der Waals surface area contributed by atoms with Gasteiger partial charge in [-0.05, 0) is 18.2 Å². The van der Waals surface area contributed by atoms with Crippen molar-refractivity contribution in [2.45, 2.75) is 6.92 Å². The van der Waals surface area contributed by atoms with Crippen molar-refractivity contribution in [3.8, 4) is 17.2 Å². The summed E-state index contributed by atoms with van der Waals surface area (Å²) in [5, 5.41) is 1.10. The van der Waals surface area contributed by atoms with E-state index in [1.165, 1.54) is 19.1 Å². The third kappa shape index (κ3) is 4.24. The molecule has 0 saturated carbocycles. The maximum absolute atomic E-state index is 11.6. The minimum atomic E-state index is -0.750. The molecule has 0 fully saturated rings. The fourth-order valence-corrected chi connectivity index (χ4v) is 2.20. The lowest BCUT2D eigenvalue weighted by atomic mass is 10.1. The highest BCUT2D eigenvalue weighted by Gasteiger charge is 2.20. The molecule has 2 rings (SSSR count). The van der Waals surface area contributed by atoms with Crippen molar-refractivity contribution in [3.05, 3.63) is 54.6 Å². The van der Waals surface area contributed by atoms with Crippen LogP contribution < -0.4 is 14.2 Å². The first kappa shape index (κ1) is 18.2. The maximum Gasteiger partial charge on any atom is 0.335 e. The second-order valence-electron chi connectivity index (χ2n) is 4.74. The summed E-state index contributed by atoms with van der Waals surface area (Å²) >= 11 is 6.00. The predicted molar refractivity (Wildman–Crippen MR) is 91.9 cm³/mol. The molecule has 0 saturated heterocycles. The normalized spacial score (nSPS) is 10.0. The molecule has 0 aliphatic rings. The highest BCUT2D eigenvalue weighted by atomic mass is 35.5. The van der Waals surface area contributed by atoms with Crippen LogP contribution in [-0.4, -0.2) is 17.9 Å². The minimum absolute atomic E-state index is 0.0230. The predicted octanol–water partition coefficient (Wildman–Crippen LogP) is 3.60. The molecule has 7 heteroatoms. The summed E-state index contributed by atoms with van der Waals surface area (Å²) in [5.41, 5.74) is 0. The zero-order valence-electron chi connectivity index (χ0n) is 13.2. The quantitative estimate of drug-likeness (QED) is 0.460. The second-order valence-corrected chi connectivity index (χ2v) is 5.17. The van der Waals surface area contributed by atoms with E-state index in [9.17, 15) is 14.4 Å². The van der Waals surface area contributed by atoms with Crippen molar-refractivity contribution in [3.63, 3.8) is 0 Å². The number of carbonyl (C=O) groups is 3. The van der Waals surface area contributed by atoms with Gasteiger partial charge in [-0.15, -0.1) is 0 Å². The van der Waals surface area contributed by atoms with Crippen LogP contribution in [-0.2, 0) is 14.4 Å². The van der Waals surface area contributed by atoms with Gasteiger partial charge in [-0.3, -0.25) is 4.79 Å². The fourth-order valence-electron chi connectivity index (χ4n) is 2.03. The molecule has 0 bridgehead atoms. The second kappa shape index (κ2) is 7.63. The van der Waals surface area contributed by atoms with Gasteiger partial charge in [-0.2, -0.15) is 0 Å². The van der Waals surface area contributed by atoms with E-state index in [2.05, 4.69) is 13.2 Å². The number of hydrogen-bond acceptors (Lipinski definition) is 6. The first-order valence-corrected chi connectivity index (χ1v) is 7.36. The summed E-state index contributed by atoms with van der Waals surface area (Å²) in [6, 6.07) is 5.87. The van der Waals surface area contributed by atoms with Crippen molar-refractivity contribution in [2.24, 2.45) is 0 Å². The number of halogens is 1. The minimum Gasteiger partial charge on any atom is -0.423 e. The van der Waals surface area contributed by atoms with Crippen molar-refractivity contribution < 1.29 is 28.6 Å². The molecule has 6 nitrogen and oxygen atoms in total. The van der Waals surface area contributed by atoms with E-state index in [1.54, 1.807) is 12.1 Å². The fraction of sp³-hybridized carbons (Fsp3) is 0.0556. The Morgan fingerprint density at radius 1 is 0.920 bits per heavy atom. The molecule has 0 radical (unpaired) electrons. The van der Waals surface area contributed by atoms with Gasteiger partial charge in [0.15, 0.2) is 11.5 Å². The van der Waals surface area contributed by atoms with Crippen LogP contribution in [0.15, 0.2) is 49.6 Å². The van der Waals surface area contributed by atoms with Crippen LogP contribution >= 0.6 is 11.6 Å². The third-order valence-electron chi connectivity index (χ3n) is 2.98. The van der Waals surface area contributed by atoms with Crippen LogP contribution in [0.2, 0.25) is 5.02 Å². The SMILES string of the molecule is C=CC(=O)Oc1cc(OC(C)=O)c(OC(=O)C=C)c2ccc(Cl)cc12. The zero-order valence-corrected chi connectivity index (χ0v) is 14.0. The van der Waals surface area contributed by atoms with Crippen molar-refractivity contribution in [2.75, 3.05) is 0 Å². The number of hydrogen-bond donors (Lipinski definition) is 0. The average molecular weight is 361 g/mol. The average Bonchev–Trinajstić information content (AvgIpc) is 2.57. The van der Waals surface area contributed by atoms with Gasteiger partial charge in [0.1, 0.15) is 5.75 Å². The van der Waals surface area contributed by atoms with Gasteiger partial charge in [0, 0.05) is 40.9 Å². The van der Waals surface area contributed by atoms with Gasteiger partial charge in [0.05, 0.1) is 0 Å². The first-order valence-electron chi connectivity index (χ1n) is 6.99. The summed E-state index contributed by atoms with van der Waals surface area (Å²) in [6.45, 7) is 7.83. The molecular weight excluding hydrogens is 348 g/mol. The van der Waals surface area contributed by atoms with Crippen molar-refractivity contribution in [1.82, 2.24) is 0 Å². The van der Waals surface area contributed by atoms with E-state index in [1.807, 2.05) is 0 Å². The van der Waals surface area contributed by atoms with Crippen LogP contribution in [0.25, 0.3) is 10.8 Å². The lowest BCUT2D eigenvalue weighted by Gasteiger charge is -2.15. The number of rotatable bonds is 5. The summed E-state index contributed by atoms with van der Waals surface area (Å²) in [4.78, 5) is 34.6. The molecule has 2 aromatic rings. The summed E-state index contributed by atoms with van der Waals surface area (Å²) in [7, 11) is 0. The maximum atomic E-state index is 11.6. The van der Waals surface area contributed by atoms with E-state index < -0.39 is 17.9 Å². The van der Waals surface area contributed by atoms with E-state index in [4.69, 9.17) is 25.8 Å². The van der Waals surface area contributed by atoms with Crippen LogP contribution in [0.5, 0.6) is 17.2 Å². The van der Waals surface area contributed by atoms with Crippen LogP contribution in [0.3, 0.4) is 0 Å². The molecule has 0 aliphatic heterocycles. The Morgan fingerprint density at radius 2 is 1.56 bits per heavy atom. The molecule has 0 aliphatic carbocycles. The molecule has 0 unspecified atom stereocenters. The topological polar surface area (TPSA) is 78.9 Å². The molecule has 0 spiro atoms. The number of fused-ring (bicyclic) bond motifs is 1. The molecule has 0 heterocycles. The van der Waals surface area contributed by atoms with E-state index in [0.717, 1.165) is 12.2 Å². The highest BCUT2D eigenvalue weighted by molar-refractivity contribution is 6.31. The Balaban J connectivity index is 2.77. The van der Waals surface area contributed by atoms with Gasteiger partial charge < -0.3 is 14.2 Å². The number of ether oxygens (including phenoxy) is 3. The van der Waals surface area contributed by atoms with Crippen LogP contribution in [0, 0.1) is 0 Å². The third-order valence-corrected chi connectivity index (χ3v) is 3.21. The summed E-state index contributed by atoms with van der Waals surface area (Å²) in [6.07, 6.45) is 1.94. The number of esters is 3. The lowest BCUT2D eigenvalue weighted by molar-refractivity contribution is -0.133. The van der Waals surface area contributed by atoms with Gasteiger partial charge in [0.2, 0.25) is 0 Å². The Hall–Kier alpha value is -3.12. The Kier molecular flexibility index (Phi) is 5.56. The molecule has 25 heavy (non-hydrogen) atoms. The standard InChI is InChI=1S/C18H13ClO6/c1-4-16(21)24-14-9-15(23-10(3)20)18(25-17(22)5-2)12-7-6-11(19)8-13(12)14/h4-9H,1-2H2,3H3. The van der Waals surface area contributed by atoms with Crippen LogP contribution in [0.4, 0.5) is 0 Å². The molecule has 0 N–H and O–H groups in total. The van der Waals surface area contributed by atoms with Gasteiger partial charge in [0.25, 0.3) is 0 Å². The first-order chi connectivity index (χ1) is 11.8. The molecule has 0 atom stereocenters. The van der Waals surface area contributed by atoms with E-state index >= 15 is 0 Å². The number of carbonyl (C=O) groups excluding carboxylic acids is 3. The smallest absolute Gasteiger partial charge is 0.335 e. The van der Waals surface area contributed by atoms with E-state index in [-0.39, 0.29) is 17.2 Å². The molecule has 0 aromatic heterocycles. The Labute approximate surface area is 148 Å². The summed E-state index contributed by atoms with van der Waals surface area (Å²) < 4.78 is 15.5. The largest absolute Gasteiger partial charge is 0.423 e. The van der Waals surface area contributed by atoms with Gasteiger partial charge in [-0.1, -0.05) is 24.8 Å². The van der Waals surface area contributed by atoms with Gasteiger partial charge >= 0.3 is 17.9 Å². The van der Waals surface area contributed by atoms with Crippen molar-refractivity contribution >= 4 is 40.3 Å². The molecule has 128 valence electrons.